The number of halogens is 2. The standard InChI is InChI=1S/C10H14Cl2NO2PS.K.H/c1-7(2)13-16(17,14-3)15-10-5-4-8(11)6-9(10)12;;/h4-7H,1-3H3,(H,13,17);;/q;+1;-1. The minimum Gasteiger partial charge on any atom is -1.00 e. The van der Waals surface area contributed by atoms with E-state index in [1.165, 1.54) is 7.11 Å². The van der Waals surface area contributed by atoms with Gasteiger partial charge in [-0.25, -0.2) is 5.09 Å². The van der Waals surface area contributed by atoms with Gasteiger partial charge >= 0.3 is 58.0 Å². The molecule has 1 atom stereocenters. The fraction of sp³-hybridized carbons (Fsp3) is 0.400. The van der Waals surface area contributed by atoms with Crippen molar-refractivity contribution >= 4 is 41.7 Å². The number of nitrogens with one attached hydrogen (secondary N) is 1. The first-order valence-electron chi connectivity index (χ1n) is 4.94. The first-order chi connectivity index (χ1) is 7.86. The minimum absolute atomic E-state index is 0. The number of hydrogen-bond acceptors (Lipinski definition) is 3. The van der Waals surface area contributed by atoms with E-state index in [0.717, 1.165) is 0 Å². The average molecular weight is 354 g/mol. The van der Waals surface area contributed by atoms with Gasteiger partial charge in [0.25, 0.3) is 0 Å². The molecule has 8 heteroatoms. The van der Waals surface area contributed by atoms with E-state index in [-0.39, 0.29) is 58.9 Å². The molecular weight excluding hydrogens is 339 g/mol. The SMILES string of the molecule is COP(=S)(NC(C)C)Oc1ccc(Cl)cc1Cl.[H-].[K+]. The van der Waals surface area contributed by atoms with Gasteiger partial charge in [0.1, 0.15) is 5.75 Å². The van der Waals surface area contributed by atoms with Crippen molar-refractivity contribution < 1.29 is 61.9 Å². The Hall–Kier alpha value is 1.81. The van der Waals surface area contributed by atoms with Crippen molar-refractivity contribution in [3.05, 3.63) is 28.2 Å². The summed E-state index contributed by atoms with van der Waals surface area (Å²) in [5.74, 6) is 0.467. The van der Waals surface area contributed by atoms with Gasteiger partial charge in [-0.2, -0.15) is 0 Å². The predicted octanol–water partition coefficient (Wildman–Crippen LogP) is 1.36. The molecule has 98 valence electrons. The van der Waals surface area contributed by atoms with E-state index in [9.17, 15) is 0 Å². The Labute approximate surface area is 167 Å². The molecule has 1 aromatic carbocycles. The second kappa shape index (κ2) is 8.95. The summed E-state index contributed by atoms with van der Waals surface area (Å²) >= 11 is 17.1. The fourth-order valence-corrected chi connectivity index (χ4v) is 3.77. The number of rotatable bonds is 5. The molecule has 0 radical (unpaired) electrons. The summed E-state index contributed by atoms with van der Waals surface area (Å²) in [7, 11) is 1.51. The van der Waals surface area contributed by atoms with Crippen molar-refractivity contribution in [1.82, 2.24) is 5.09 Å². The zero-order valence-corrected chi connectivity index (χ0v) is 17.1. The Balaban J connectivity index is 0. The van der Waals surface area contributed by atoms with Crippen LogP contribution >= 0.6 is 29.8 Å². The molecule has 0 bridgehead atoms. The van der Waals surface area contributed by atoms with Crippen LogP contribution in [0.25, 0.3) is 0 Å². The molecule has 18 heavy (non-hydrogen) atoms. The first-order valence-corrected chi connectivity index (χ1v) is 8.34. The Morgan fingerprint density at radius 3 is 2.44 bits per heavy atom. The van der Waals surface area contributed by atoms with Gasteiger partial charge < -0.3 is 10.5 Å². The zero-order valence-electron chi connectivity index (χ0n) is 11.7. The summed E-state index contributed by atoms with van der Waals surface area (Å²) in [6, 6.07) is 5.12. The van der Waals surface area contributed by atoms with Gasteiger partial charge in [-0.15, -0.1) is 0 Å². The van der Waals surface area contributed by atoms with Gasteiger partial charge in [-0.1, -0.05) is 23.2 Å². The van der Waals surface area contributed by atoms with Crippen LogP contribution in [0.4, 0.5) is 0 Å². The van der Waals surface area contributed by atoms with Crippen LogP contribution < -0.4 is 61.0 Å². The van der Waals surface area contributed by atoms with Crippen LogP contribution in [0.3, 0.4) is 0 Å². The van der Waals surface area contributed by atoms with Crippen LogP contribution in [0, 0.1) is 0 Å². The van der Waals surface area contributed by atoms with Crippen LogP contribution in [-0.2, 0) is 16.3 Å². The molecule has 3 nitrogen and oxygen atoms in total. The quantitative estimate of drug-likeness (QED) is 0.639. The van der Waals surface area contributed by atoms with Crippen molar-refractivity contribution in [2.75, 3.05) is 7.11 Å². The van der Waals surface area contributed by atoms with Gasteiger partial charge in [0.2, 0.25) is 0 Å². The van der Waals surface area contributed by atoms with E-state index < -0.39 is 6.64 Å². The van der Waals surface area contributed by atoms with Gasteiger partial charge in [-0.3, -0.25) is 0 Å². The molecule has 0 heterocycles. The Morgan fingerprint density at radius 2 is 2.00 bits per heavy atom. The molecule has 1 aromatic rings. The molecule has 1 unspecified atom stereocenters. The summed E-state index contributed by atoms with van der Waals surface area (Å²) in [4.78, 5) is 0. The molecule has 0 aliphatic carbocycles. The monoisotopic (exact) mass is 353 g/mol. The van der Waals surface area contributed by atoms with Gasteiger partial charge in [0, 0.05) is 18.2 Å². The van der Waals surface area contributed by atoms with Crippen molar-refractivity contribution in [2.45, 2.75) is 19.9 Å². The van der Waals surface area contributed by atoms with Crippen molar-refractivity contribution in [1.29, 1.82) is 0 Å². The molecule has 0 amide bonds. The van der Waals surface area contributed by atoms with Gasteiger partial charge in [0.05, 0.1) is 5.02 Å². The van der Waals surface area contributed by atoms with Crippen molar-refractivity contribution in [2.24, 2.45) is 0 Å². The number of hydrogen-bond donors (Lipinski definition) is 1. The largest absolute Gasteiger partial charge is 1.00 e. The maximum Gasteiger partial charge on any atom is 1.00 e. The van der Waals surface area contributed by atoms with Crippen LogP contribution in [0.5, 0.6) is 5.75 Å². The summed E-state index contributed by atoms with van der Waals surface area (Å²) in [6.45, 7) is 1.37. The topological polar surface area (TPSA) is 30.5 Å². The maximum atomic E-state index is 6.01. The van der Waals surface area contributed by atoms with E-state index in [2.05, 4.69) is 5.09 Å². The molecule has 0 spiro atoms. The molecular formula is C10H15Cl2KNO2PS. The maximum absolute atomic E-state index is 6.01. The van der Waals surface area contributed by atoms with E-state index in [0.29, 0.717) is 15.8 Å². The third-order valence-corrected chi connectivity index (χ3v) is 5.04. The Morgan fingerprint density at radius 1 is 1.39 bits per heavy atom. The molecule has 0 fully saturated rings. The summed E-state index contributed by atoms with van der Waals surface area (Å²) < 4.78 is 10.9. The smallest absolute Gasteiger partial charge is 1.00 e. The summed E-state index contributed by atoms with van der Waals surface area (Å²) in [6.07, 6.45) is 0. The molecule has 0 saturated heterocycles. The molecule has 1 N–H and O–H groups in total. The van der Waals surface area contributed by atoms with Crippen LogP contribution in [0.2, 0.25) is 10.0 Å². The summed E-state index contributed by atoms with van der Waals surface area (Å²) in [5, 5.41) is 4.04. The molecule has 1 rings (SSSR count). The molecule has 0 aromatic heterocycles. The van der Waals surface area contributed by atoms with Crippen LogP contribution in [0.1, 0.15) is 15.3 Å². The zero-order chi connectivity index (χ0) is 13.1. The van der Waals surface area contributed by atoms with Gasteiger partial charge in [-0.05, 0) is 43.9 Å². The first kappa shape index (κ1) is 19.8. The predicted molar refractivity (Wildman–Crippen MR) is 77.8 cm³/mol. The molecule has 0 aliphatic heterocycles. The summed E-state index contributed by atoms with van der Waals surface area (Å²) in [5.41, 5.74) is 0. The van der Waals surface area contributed by atoms with E-state index >= 15 is 0 Å². The van der Waals surface area contributed by atoms with Crippen molar-refractivity contribution in [3.63, 3.8) is 0 Å². The normalized spacial score (nSPS) is 13.9. The second-order valence-electron chi connectivity index (χ2n) is 3.63. The van der Waals surface area contributed by atoms with Crippen molar-refractivity contribution in [3.8, 4) is 5.75 Å². The minimum atomic E-state index is -2.56. The molecule has 0 aliphatic rings. The second-order valence-corrected chi connectivity index (χ2v) is 7.72. The fourth-order valence-electron chi connectivity index (χ4n) is 1.11. The molecule has 0 saturated carbocycles. The van der Waals surface area contributed by atoms with E-state index in [1.54, 1.807) is 18.2 Å². The number of benzene rings is 1. The average Bonchev–Trinajstić information content (AvgIpc) is 2.21. The Bertz CT molecular complexity index is 454. The van der Waals surface area contributed by atoms with Gasteiger partial charge in [0.15, 0.2) is 0 Å². The van der Waals surface area contributed by atoms with Crippen LogP contribution in [0.15, 0.2) is 18.2 Å². The van der Waals surface area contributed by atoms with E-state index in [4.69, 9.17) is 44.1 Å². The third kappa shape index (κ3) is 6.50. The Kier molecular flexibility index (Phi) is 9.85. The van der Waals surface area contributed by atoms with E-state index in [1.807, 2.05) is 13.8 Å². The third-order valence-electron chi connectivity index (χ3n) is 1.77. The van der Waals surface area contributed by atoms with Crippen LogP contribution in [-0.4, -0.2) is 13.2 Å².